The molecule has 0 atom stereocenters. The minimum absolute atomic E-state index is 0.0497. The predicted octanol–water partition coefficient (Wildman–Crippen LogP) is 2.12. The topological polar surface area (TPSA) is 46.3 Å². The quantitative estimate of drug-likeness (QED) is 0.661. The number of benzene rings is 1. The molecule has 0 aliphatic heterocycles. The Morgan fingerprint density at radius 2 is 2.29 bits per heavy atom. The smallest absolute Gasteiger partial charge is 0.232 e. The third-order valence-electron chi connectivity index (χ3n) is 2.80. The first kappa shape index (κ1) is 12.2. The first-order valence-corrected chi connectivity index (χ1v) is 6.50. The Balaban J connectivity index is 1.90. The molecular formula is C12H15FN2OS. The lowest BCUT2D eigenvalue weighted by Gasteiger charge is -2.15. The number of nitrogens with zero attached hydrogens (tertiary/aromatic N) is 1. The summed E-state index contributed by atoms with van der Waals surface area (Å²) in [6.07, 6.45) is 2.17. The number of hydrogen-bond donors (Lipinski definition) is 1. The Labute approximate surface area is 104 Å². The number of carbonyl (C=O) groups is 1. The van der Waals surface area contributed by atoms with Gasteiger partial charge in [0.15, 0.2) is 0 Å². The van der Waals surface area contributed by atoms with Crippen molar-refractivity contribution in [3.05, 3.63) is 24.0 Å². The van der Waals surface area contributed by atoms with Gasteiger partial charge in [-0.25, -0.2) is 4.39 Å². The van der Waals surface area contributed by atoms with Crippen LogP contribution in [0.2, 0.25) is 0 Å². The normalized spacial score (nSPS) is 14.7. The van der Waals surface area contributed by atoms with E-state index in [4.69, 9.17) is 5.73 Å². The number of carbonyl (C=O) groups excluding carboxylic acids is 1. The zero-order valence-corrected chi connectivity index (χ0v) is 10.5. The third-order valence-corrected chi connectivity index (χ3v) is 3.83. The summed E-state index contributed by atoms with van der Waals surface area (Å²) in [5, 5.41) is 0. The average molecular weight is 254 g/mol. The van der Waals surface area contributed by atoms with Gasteiger partial charge < -0.3 is 10.6 Å². The average Bonchev–Trinajstić information content (AvgIpc) is 3.10. The molecule has 1 aromatic rings. The van der Waals surface area contributed by atoms with Gasteiger partial charge in [0.2, 0.25) is 5.91 Å². The molecular weight excluding hydrogens is 239 g/mol. The summed E-state index contributed by atoms with van der Waals surface area (Å²) in [5.74, 6) is -0.0426. The SMILES string of the molecule is CN(C(=O)CSc1ccc(N)cc1F)C1CC1. The molecule has 0 saturated heterocycles. The van der Waals surface area contributed by atoms with Gasteiger partial charge in [0.25, 0.3) is 0 Å². The summed E-state index contributed by atoms with van der Waals surface area (Å²) in [6, 6.07) is 4.93. The minimum atomic E-state index is -0.364. The number of thioether (sulfide) groups is 1. The van der Waals surface area contributed by atoms with Crippen LogP contribution in [-0.4, -0.2) is 29.6 Å². The van der Waals surface area contributed by atoms with Crippen LogP contribution in [0.5, 0.6) is 0 Å². The summed E-state index contributed by atoms with van der Waals surface area (Å²) in [7, 11) is 1.81. The molecule has 92 valence electrons. The van der Waals surface area contributed by atoms with E-state index in [0.29, 0.717) is 16.6 Å². The van der Waals surface area contributed by atoms with Crippen LogP contribution in [0.25, 0.3) is 0 Å². The predicted molar refractivity (Wildman–Crippen MR) is 67.3 cm³/mol. The van der Waals surface area contributed by atoms with Crippen molar-refractivity contribution in [2.24, 2.45) is 0 Å². The van der Waals surface area contributed by atoms with E-state index in [1.807, 2.05) is 0 Å². The second-order valence-electron chi connectivity index (χ2n) is 4.21. The van der Waals surface area contributed by atoms with Crippen molar-refractivity contribution in [3.8, 4) is 0 Å². The Kier molecular flexibility index (Phi) is 3.57. The van der Waals surface area contributed by atoms with E-state index >= 15 is 0 Å². The van der Waals surface area contributed by atoms with Gasteiger partial charge in [-0.15, -0.1) is 11.8 Å². The monoisotopic (exact) mass is 254 g/mol. The van der Waals surface area contributed by atoms with Crippen molar-refractivity contribution in [2.45, 2.75) is 23.8 Å². The van der Waals surface area contributed by atoms with Gasteiger partial charge in [0, 0.05) is 23.7 Å². The van der Waals surface area contributed by atoms with Gasteiger partial charge >= 0.3 is 0 Å². The summed E-state index contributed by atoms with van der Waals surface area (Å²) >= 11 is 1.22. The maximum absolute atomic E-state index is 13.4. The first-order chi connectivity index (χ1) is 8.08. The Morgan fingerprint density at radius 1 is 1.59 bits per heavy atom. The molecule has 17 heavy (non-hydrogen) atoms. The van der Waals surface area contributed by atoms with Crippen LogP contribution >= 0.6 is 11.8 Å². The van der Waals surface area contributed by atoms with E-state index in [9.17, 15) is 9.18 Å². The highest BCUT2D eigenvalue weighted by molar-refractivity contribution is 8.00. The number of anilines is 1. The second kappa shape index (κ2) is 4.96. The highest BCUT2D eigenvalue weighted by Gasteiger charge is 2.29. The number of amides is 1. The highest BCUT2D eigenvalue weighted by Crippen LogP contribution is 2.28. The fourth-order valence-electron chi connectivity index (χ4n) is 1.54. The lowest BCUT2D eigenvalue weighted by molar-refractivity contribution is -0.127. The molecule has 2 N–H and O–H groups in total. The van der Waals surface area contributed by atoms with Crippen molar-refractivity contribution in [1.29, 1.82) is 0 Å². The number of nitrogens with two attached hydrogens (primary N) is 1. The van der Waals surface area contributed by atoms with E-state index in [2.05, 4.69) is 0 Å². The third kappa shape index (κ3) is 3.12. The fourth-order valence-corrected chi connectivity index (χ4v) is 2.38. The molecule has 5 heteroatoms. The van der Waals surface area contributed by atoms with E-state index in [0.717, 1.165) is 12.8 Å². The maximum atomic E-state index is 13.4. The summed E-state index contributed by atoms with van der Waals surface area (Å²) < 4.78 is 13.4. The second-order valence-corrected chi connectivity index (χ2v) is 5.23. The number of rotatable bonds is 4. The first-order valence-electron chi connectivity index (χ1n) is 5.51. The maximum Gasteiger partial charge on any atom is 0.232 e. The number of halogens is 1. The molecule has 1 fully saturated rings. The minimum Gasteiger partial charge on any atom is -0.399 e. The molecule has 0 bridgehead atoms. The van der Waals surface area contributed by atoms with E-state index in [1.54, 1.807) is 24.1 Å². The van der Waals surface area contributed by atoms with Crippen LogP contribution in [0.1, 0.15) is 12.8 Å². The van der Waals surface area contributed by atoms with Crippen LogP contribution in [0.15, 0.2) is 23.1 Å². The summed E-state index contributed by atoms with van der Waals surface area (Å²) in [5.41, 5.74) is 5.85. The lowest BCUT2D eigenvalue weighted by Crippen LogP contribution is -2.30. The molecule has 1 aromatic carbocycles. The van der Waals surface area contributed by atoms with Crippen LogP contribution in [0.4, 0.5) is 10.1 Å². The molecule has 1 aliphatic rings. The molecule has 0 heterocycles. The van der Waals surface area contributed by atoms with Gasteiger partial charge in [-0.05, 0) is 31.0 Å². The molecule has 0 unspecified atom stereocenters. The molecule has 0 spiro atoms. The van der Waals surface area contributed by atoms with Crippen LogP contribution in [0, 0.1) is 5.82 Å². The fraction of sp³-hybridized carbons (Fsp3) is 0.417. The zero-order valence-electron chi connectivity index (χ0n) is 9.65. The number of hydrogen-bond acceptors (Lipinski definition) is 3. The van der Waals surface area contributed by atoms with Gasteiger partial charge in [-0.2, -0.15) is 0 Å². The summed E-state index contributed by atoms with van der Waals surface area (Å²) in [6.45, 7) is 0. The van der Waals surface area contributed by atoms with Crippen LogP contribution in [0.3, 0.4) is 0 Å². The standard InChI is InChI=1S/C12H15FN2OS/c1-15(9-3-4-9)12(16)7-17-11-5-2-8(14)6-10(11)13/h2,5-6,9H,3-4,7,14H2,1H3. The van der Waals surface area contributed by atoms with Crippen molar-refractivity contribution in [1.82, 2.24) is 4.90 Å². The van der Waals surface area contributed by atoms with Crippen LogP contribution < -0.4 is 5.73 Å². The zero-order chi connectivity index (χ0) is 12.4. The van der Waals surface area contributed by atoms with Crippen molar-refractivity contribution < 1.29 is 9.18 Å². The molecule has 1 amide bonds. The Morgan fingerprint density at radius 3 is 2.88 bits per heavy atom. The molecule has 0 radical (unpaired) electrons. The van der Waals surface area contributed by atoms with Gasteiger partial charge in [-0.3, -0.25) is 4.79 Å². The lowest BCUT2D eigenvalue weighted by atomic mass is 10.3. The van der Waals surface area contributed by atoms with Crippen molar-refractivity contribution >= 4 is 23.4 Å². The molecule has 1 aliphatic carbocycles. The molecule has 0 aromatic heterocycles. The molecule has 3 nitrogen and oxygen atoms in total. The van der Waals surface area contributed by atoms with E-state index in [-0.39, 0.29) is 17.5 Å². The van der Waals surface area contributed by atoms with Gasteiger partial charge in [-0.1, -0.05) is 0 Å². The van der Waals surface area contributed by atoms with E-state index < -0.39 is 0 Å². The largest absolute Gasteiger partial charge is 0.399 e. The van der Waals surface area contributed by atoms with Gasteiger partial charge in [0.1, 0.15) is 5.82 Å². The Hall–Kier alpha value is -1.23. The Bertz CT molecular complexity index is 435. The summed E-state index contributed by atoms with van der Waals surface area (Å²) in [4.78, 5) is 14.0. The van der Waals surface area contributed by atoms with E-state index in [1.165, 1.54) is 17.8 Å². The van der Waals surface area contributed by atoms with Crippen molar-refractivity contribution in [3.63, 3.8) is 0 Å². The van der Waals surface area contributed by atoms with Gasteiger partial charge in [0.05, 0.1) is 5.75 Å². The number of nitrogen functional groups attached to an aromatic ring is 1. The van der Waals surface area contributed by atoms with Crippen molar-refractivity contribution in [2.75, 3.05) is 18.5 Å². The molecule has 2 rings (SSSR count). The highest BCUT2D eigenvalue weighted by atomic mass is 32.2. The van der Waals surface area contributed by atoms with Crippen LogP contribution in [-0.2, 0) is 4.79 Å². The molecule has 1 saturated carbocycles.